The fourth-order valence-electron chi connectivity index (χ4n) is 2.57. The molecule has 1 aliphatic carbocycles. The molecule has 94 valence electrons. The van der Waals surface area contributed by atoms with Crippen LogP contribution >= 0.6 is 0 Å². The Morgan fingerprint density at radius 3 is 2.53 bits per heavy atom. The van der Waals surface area contributed by atoms with Crippen LogP contribution in [0.5, 0.6) is 5.75 Å². The smallest absolute Gasteiger partial charge is 0.119 e. The number of hydrogen-bond donors (Lipinski definition) is 1. The lowest BCUT2D eigenvalue weighted by atomic mass is 9.97. The molecule has 2 heteroatoms. The van der Waals surface area contributed by atoms with Gasteiger partial charge >= 0.3 is 0 Å². The minimum Gasteiger partial charge on any atom is -0.494 e. The zero-order valence-corrected chi connectivity index (χ0v) is 10.7. The summed E-state index contributed by atoms with van der Waals surface area (Å²) in [5, 5.41) is 0. The Balaban J connectivity index is 1.70. The van der Waals surface area contributed by atoms with Crippen LogP contribution in [0.15, 0.2) is 24.3 Å². The summed E-state index contributed by atoms with van der Waals surface area (Å²) in [5.41, 5.74) is 7.45. The van der Waals surface area contributed by atoms with Gasteiger partial charge in [-0.25, -0.2) is 0 Å². The average molecular weight is 233 g/mol. The highest BCUT2D eigenvalue weighted by Crippen LogP contribution is 2.28. The third-order valence-electron chi connectivity index (χ3n) is 3.75. The summed E-state index contributed by atoms with van der Waals surface area (Å²) in [6.07, 6.45) is 6.31. The van der Waals surface area contributed by atoms with Crippen molar-refractivity contribution in [2.24, 2.45) is 11.7 Å². The highest BCUT2D eigenvalue weighted by molar-refractivity contribution is 5.26. The molecule has 1 saturated carbocycles. The average Bonchev–Trinajstić information content (AvgIpc) is 2.85. The van der Waals surface area contributed by atoms with Gasteiger partial charge in [0.1, 0.15) is 5.75 Å². The van der Waals surface area contributed by atoms with Crippen LogP contribution in [-0.4, -0.2) is 12.6 Å². The van der Waals surface area contributed by atoms with Gasteiger partial charge in [-0.05, 0) is 44.2 Å². The zero-order chi connectivity index (χ0) is 12.1. The van der Waals surface area contributed by atoms with Gasteiger partial charge in [-0.2, -0.15) is 0 Å². The summed E-state index contributed by atoms with van der Waals surface area (Å²) in [4.78, 5) is 0. The van der Waals surface area contributed by atoms with Gasteiger partial charge in [0, 0.05) is 6.04 Å². The molecule has 0 aliphatic heterocycles. The van der Waals surface area contributed by atoms with Crippen LogP contribution in [0, 0.1) is 12.8 Å². The molecule has 2 nitrogen and oxygen atoms in total. The molecule has 2 N–H and O–H groups in total. The monoisotopic (exact) mass is 233 g/mol. The van der Waals surface area contributed by atoms with E-state index in [0.717, 1.165) is 24.7 Å². The van der Waals surface area contributed by atoms with E-state index in [1.165, 1.54) is 31.2 Å². The van der Waals surface area contributed by atoms with Crippen molar-refractivity contribution >= 4 is 0 Å². The first-order chi connectivity index (χ1) is 8.25. The normalized spacial score (nSPS) is 18.2. The van der Waals surface area contributed by atoms with E-state index in [-0.39, 0.29) is 0 Å². The molecule has 1 aromatic carbocycles. The Kier molecular flexibility index (Phi) is 4.43. The van der Waals surface area contributed by atoms with E-state index in [4.69, 9.17) is 10.5 Å². The van der Waals surface area contributed by atoms with Crippen molar-refractivity contribution in [3.8, 4) is 5.75 Å². The first kappa shape index (κ1) is 12.4. The molecule has 0 spiro atoms. The van der Waals surface area contributed by atoms with Crippen molar-refractivity contribution in [2.75, 3.05) is 6.61 Å². The van der Waals surface area contributed by atoms with Gasteiger partial charge in [0.05, 0.1) is 6.61 Å². The molecular formula is C15H23NO. The molecule has 2 rings (SSSR count). The fraction of sp³-hybridized carbons (Fsp3) is 0.600. The largest absolute Gasteiger partial charge is 0.494 e. The number of ether oxygens (including phenoxy) is 1. The molecule has 1 aliphatic rings. The number of nitrogens with two attached hydrogens (primary N) is 1. The second kappa shape index (κ2) is 6.06. The van der Waals surface area contributed by atoms with Crippen LogP contribution < -0.4 is 10.5 Å². The number of aryl methyl sites for hydroxylation is 1. The topological polar surface area (TPSA) is 35.2 Å². The van der Waals surface area contributed by atoms with Crippen molar-refractivity contribution in [1.82, 2.24) is 0 Å². The first-order valence-electron chi connectivity index (χ1n) is 6.71. The van der Waals surface area contributed by atoms with E-state index >= 15 is 0 Å². The second-order valence-electron chi connectivity index (χ2n) is 5.16. The van der Waals surface area contributed by atoms with Gasteiger partial charge in [0.2, 0.25) is 0 Å². The SMILES string of the molecule is Cc1ccc(OCCC(N)C2CCCC2)cc1. The Hall–Kier alpha value is -1.02. The third-order valence-corrected chi connectivity index (χ3v) is 3.75. The quantitative estimate of drug-likeness (QED) is 0.847. The van der Waals surface area contributed by atoms with Crippen molar-refractivity contribution in [1.29, 1.82) is 0 Å². The van der Waals surface area contributed by atoms with E-state index < -0.39 is 0 Å². The highest BCUT2D eigenvalue weighted by atomic mass is 16.5. The van der Waals surface area contributed by atoms with Crippen LogP contribution in [0.4, 0.5) is 0 Å². The molecule has 0 bridgehead atoms. The maximum atomic E-state index is 6.19. The van der Waals surface area contributed by atoms with Crippen LogP contribution in [0.25, 0.3) is 0 Å². The summed E-state index contributed by atoms with van der Waals surface area (Å²) < 4.78 is 5.71. The van der Waals surface area contributed by atoms with Crippen molar-refractivity contribution < 1.29 is 4.74 Å². The molecule has 0 amide bonds. The van der Waals surface area contributed by atoms with Crippen molar-refractivity contribution in [3.63, 3.8) is 0 Å². The molecule has 0 saturated heterocycles. The van der Waals surface area contributed by atoms with Gasteiger partial charge in [0.25, 0.3) is 0 Å². The Labute approximate surface area is 104 Å². The van der Waals surface area contributed by atoms with E-state index in [1.807, 2.05) is 12.1 Å². The van der Waals surface area contributed by atoms with Gasteiger partial charge in [-0.3, -0.25) is 0 Å². The molecular weight excluding hydrogens is 210 g/mol. The summed E-state index contributed by atoms with van der Waals surface area (Å²) >= 11 is 0. The minimum absolute atomic E-state index is 0.322. The maximum Gasteiger partial charge on any atom is 0.119 e. The summed E-state index contributed by atoms with van der Waals surface area (Å²) in [6, 6.07) is 8.52. The maximum absolute atomic E-state index is 6.19. The molecule has 0 aromatic heterocycles. The van der Waals surface area contributed by atoms with E-state index in [9.17, 15) is 0 Å². The second-order valence-corrected chi connectivity index (χ2v) is 5.16. The number of benzene rings is 1. The molecule has 1 aromatic rings. The zero-order valence-electron chi connectivity index (χ0n) is 10.7. The Morgan fingerprint density at radius 2 is 1.88 bits per heavy atom. The van der Waals surface area contributed by atoms with Crippen LogP contribution in [0.1, 0.15) is 37.7 Å². The fourth-order valence-corrected chi connectivity index (χ4v) is 2.57. The van der Waals surface area contributed by atoms with E-state index in [1.54, 1.807) is 0 Å². The number of rotatable bonds is 5. The van der Waals surface area contributed by atoms with Crippen molar-refractivity contribution in [2.45, 2.75) is 45.1 Å². The lowest BCUT2D eigenvalue weighted by Gasteiger charge is -2.18. The van der Waals surface area contributed by atoms with E-state index in [0.29, 0.717) is 6.04 Å². The summed E-state index contributed by atoms with van der Waals surface area (Å²) in [7, 11) is 0. The number of hydrogen-bond acceptors (Lipinski definition) is 2. The van der Waals surface area contributed by atoms with Crippen LogP contribution in [-0.2, 0) is 0 Å². The Bertz CT molecular complexity index is 327. The third kappa shape index (κ3) is 3.74. The van der Waals surface area contributed by atoms with Gasteiger partial charge in [0.15, 0.2) is 0 Å². The molecule has 0 heterocycles. The highest BCUT2D eigenvalue weighted by Gasteiger charge is 2.21. The van der Waals surface area contributed by atoms with Gasteiger partial charge < -0.3 is 10.5 Å². The standard InChI is InChI=1S/C15H23NO/c1-12-6-8-14(9-7-12)17-11-10-15(16)13-4-2-3-5-13/h6-9,13,15H,2-5,10-11,16H2,1H3. The Morgan fingerprint density at radius 1 is 1.24 bits per heavy atom. The molecule has 1 atom stereocenters. The van der Waals surface area contributed by atoms with Crippen LogP contribution in [0.2, 0.25) is 0 Å². The van der Waals surface area contributed by atoms with E-state index in [2.05, 4.69) is 19.1 Å². The molecule has 1 unspecified atom stereocenters. The molecule has 17 heavy (non-hydrogen) atoms. The lowest BCUT2D eigenvalue weighted by Crippen LogP contribution is -2.30. The summed E-state index contributed by atoms with van der Waals surface area (Å²) in [5.74, 6) is 1.69. The van der Waals surface area contributed by atoms with Crippen molar-refractivity contribution in [3.05, 3.63) is 29.8 Å². The minimum atomic E-state index is 0.322. The predicted octanol–water partition coefficient (Wildman–Crippen LogP) is 3.28. The van der Waals surface area contributed by atoms with Gasteiger partial charge in [-0.15, -0.1) is 0 Å². The lowest BCUT2D eigenvalue weighted by molar-refractivity contribution is 0.274. The van der Waals surface area contributed by atoms with Crippen LogP contribution in [0.3, 0.4) is 0 Å². The predicted molar refractivity (Wildman–Crippen MR) is 71.2 cm³/mol. The van der Waals surface area contributed by atoms with Gasteiger partial charge in [-0.1, -0.05) is 30.5 Å². The summed E-state index contributed by atoms with van der Waals surface area (Å²) in [6.45, 7) is 2.82. The molecule has 1 fully saturated rings. The first-order valence-corrected chi connectivity index (χ1v) is 6.71. The molecule has 0 radical (unpaired) electrons.